The summed E-state index contributed by atoms with van der Waals surface area (Å²) in [6.07, 6.45) is 0. The first-order chi connectivity index (χ1) is 11.7. The Morgan fingerprint density at radius 3 is 2.58 bits per heavy atom. The molecular weight excluding hydrogens is 326 g/mol. The number of rotatable bonds is 4. The molecule has 2 heterocycles. The normalized spacial score (nSPS) is 16.2. The molecule has 0 bridgehead atoms. The van der Waals surface area contributed by atoms with E-state index in [2.05, 4.69) is 9.89 Å². The number of ether oxygens (including phenoxy) is 1. The maximum atomic E-state index is 10.8. The largest absolute Gasteiger partial charge is 0.448 e. The fraction of sp³-hybridized carbons (Fsp3) is 0.118. The monoisotopic (exact) mass is 339 g/mol. The molecule has 2 aliphatic rings. The smallest absolute Gasteiger partial charge is 0.269 e. The number of benzene rings is 2. The van der Waals surface area contributed by atoms with Gasteiger partial charge in [-0.1, -0.05) is 30.3 Å². The summed E-state index contributed by atoms with van der Waals surface area (Å²) in [6.45, 7) is 1.61. The molecule has 120 valence electrons. The van der Waals surface area contributed by atoms with Gasteiger partial charge < -0.3 is 9.64 Å². The molecule has 6 nitrogen and oxygen atoms in total. The van der Waals surface area contributed by atoms with Crippen LogP contribution in [-0.2, 0) is 0 Å². The van der Waals surface area contributed by atoms with Gasteiger partial charge in [0.15, 0.2) is 10.3 Å². The van der Waals surface area contributed by atoms with Gasteiger partial charge in [-0.05, 0) is 23.9 Å². The first-order valence-electron chi connectivity index (χ1n) is 7.44. The van der Waals surface area contributed by atoms with E-state index >= 15 is 0 Å². The molecule has 0 amide bonds. The number of hydrogen-bond acceptors (Lipinski definition) is 6. The van der Waals surface area contributed by atoms with Crippen LogP contribution in [0.2, 0.25) is 0 Å². The SMILES string of the molecule is O=[N+]([O-])c1ccc(OC2=C(c3ccccc3)N3CCN=C3S2)cc1. The lowest BCUT2D eigenvalue weighted by Crippen LogP contribution is -2.20. The van der Waals surface area contributed by atoms with Crippen LogP contribution in [0.1, 0.15) is 5.56 Å². The summed E-state index contributed by atoms with van der Waals surface area (Å²) < 4.78 is 6.01. The Labute approximate surface area is 142 Å². The van der Waals surface area contributed by atoms with E-state index in [0.29, 0.717) is 5.75 Å². The predicted molar refractivity (Wildman–Crippen MR) is 93.7 cm³/mol. The standard InChI is InChI=1S/C17H13N3O3S/c21-20(22)13-6-8-14(9-7-13)23-16-15(12-4-2-1-3-5-12)19-11-10-18-17(19)24-16/h1-9H,10-11H2. The maximum absolute atomic E-state index is 10.8. The number of hydrogen-bond donors (Lipinski definition) is 0. The molecule has 0 N–H and O–H groups in total. The summed E-state index contributed by atoms with van der Waals surface area (Å²) >= 11 is 1.49. The molecule has 2 aromatic rings. The molecule has 0 atom stereocenters. The van der Waals surface area contributed by atoms with Gasteiger partial charge in [0.05, 0.1) is 11.5 Å². The number of aliphatic imine (C=N–C) groups is 1. The molecule has 0 radical (unpaired) electrons. The molecule has 2 aromatic carbocycles. The average Bonchev–Trinajstić information content (AvgIpc) is 3.16. The summed E-state index contributed by atoms with van der Waals surface area (Å²) in [4.78, 5) is 17.0. The van der Waals surface area contributed by atoms with Crippen molar-refractivity contribution in [2.45, 2.75) is 0 Å². The highest BCUT2D eigenvalue weighted by molar-refractivity contribution is 8.17. The molecule has 4 rings (SSSR count). The Kier molecular flexibility index (Phi) is 3.70. The minimum absolute atomic E-state index is 0.0451. The third-order valence-corrected chi connectivity index (χ3v) is 4.75. The lowest BCUT2D eigenvalue weighted by Gasteiger charge is -2.16. The van der Waals surface area contributed by atoms with Gasteiger partial charge in [-0.2, -0.15) is 0 Å². The topological polar surface area (TPSA) is 68.0 Å². The maximum Gasteiger partial charge on any atom is 0.269 e. The summed E-state index contributed by atoms with van der Waals surface area (Å²) in [5.41, 5.74) is 2.10. The fourth-order valence-corrected chi connectivity index (χ4v) is 3.72. The molecule has 0 aliphatic carbocycles. The molecule has 0 unspecified atom stereocenters. The van der Waals surface area contributed by atoms with E-state index in [1.807, 2.05) is 30.3 Å². The first-order valence-corrected chi connectivity index (χ1v) is 8.26. The van der Waals surface area contributed by atoms with Gasteiger partial charge in [0, 0.05) is 24.2 Å². The highest BCUT2D eigenvalue weighted by Crippen LogP contribution is 2.42. The number of non-ortho nitro benzene ring substituents is 1. The molecule has 0 fully saturated rings. The Hall–Kier alpha value is -2.80. The Morgan fingerprint density at radius 1 is 1.12 bits per heavy atom. The Morgan fingerprint density at radius 2 is 1.88 bits per heavy atom. The predicted octanol–water partition coefficient (Wildman–Crippen LogP) is 3.72. The third kappa shape index (κ3) is 2.63. The average molecular weight is 339 g/mol. The second kappa shape index (κ2) is 6.01. The van der Waals surface area contributed by atoms with Crippen molar-refractivity contribution >= 4 is 28.3 Å². The summed E-state index contributed by atoms with van der Waals surface area (Å²) in [5.74, 6) is 0.568. The van der Waals surface area contributed by atoms with Crippen LogP contribution >= 0.6 is 11.8 Å². The fourth-order valence-electron chi connectivity index (χ4n) is 2.64. The lowest BCUT2D eigenvalue weighted by molar-refractivity contribution is -0.384. The second-order valence-corrected chi connectivity index (χ2v) is 6.21. The van der Waals surface area contributed by atoms with Gasteiger partial charge in [0.2, 0.25) is 0 Å². The Balaban J connectivity index is 1.68. The summed E-state index contributed by atoms with van der Waals surface area (Å²) in [6, 6.07) is 16.1. The van der Waals surface area contributed by atoms with Crippen molar-refractivity contribution in [3.8, 4) is 5.75 Å². The third-order valence-electron chi connectivity index (χ3n) is 3.75. The number of nitrogens with zero attached hydrogens (tertiary/aromatic N) is 3. The van der Waals surface area contributed by atoms with Gasteiger partial charge in [-0.3, -0.25) is 15.1 Å². The minimum Gasteiger partial charge on any atom is -0.448 e. The van der Waals surface area contributed by atoms with E-state index in [1.165, 1.54) is 23.9 Å². The molecule has 0 saturated heterocycles. The van der Waals surface area contributed by atoms with E-state index in [1.54, 1.807) is 12.1 Å². The molecule has 24 heavy (non-hydrogen) atoms. The van der Waals surface area contributed by atoms with Crippen LogP contribution in [0.15, 0.2) is 64.7 Å². The van der Waals surface area contributed by atoms with E-state index in [0.717, 1.165) is 34.6 Å². The van der Waals surface area contributed by atoms with Crippen LogP contribution in [-0.4, -0.2) is 28.1 Å². The molecule has 2 aliphatic heterocycles. The van der Waals surface area contributed by atoms with Crippen molar-refractivity contribution in [1.29, 1.82) is 0 Å². The Bertz CT molecular complexity index is 847. The quantitative estimate of drug-likeness (QED) is 0.627. The highest BCUT2D eigenvalue weighted by Gasteiger charge is 2.34. The van der Waals surface area contributed by atoms with Crippen LogP contribution in [0.5, 0.6) is 5.75 Å². The van der Waals surface area contributed by atoms with Crippen molar-refractivity contribution in [1.82, 2.24) is 4.90 Å². The zero-order valence-electron chi connectivity index (χ0n) is 12.6. The van der Waals surface area contributed by atoms with E-state index < -0.39 is 4.92 Å². The van der Waals surface area contributed by atoms with Gasteiger partial charge >= 0.3 is 0 Å². The number of thioether (sulfide) groups is 1. The molecule has 0 aromatic heterocycles. The minimum atomic E-state index is -0.423. The number of nitro benzene ring substituents is 1. The molecule has 0 saturated carbocycles. The number of nitro groups is 1. The summed E-state index contributed by atoms with van der Waals surface area (Å²) in [5, 5.41) is 12.4. The van der Waals surface area contributed by atoms with Crippen molar-refractivity contribution < 1.29 is 9.66 Å². The van der Waals surface area contributed by atoms with Gasteiger partial charge in [-0.25, -0.2) is 0 Å². The van der Waals surface area contributed by atoms with Crippen LogP contribution in [0, 0.1) is 10.1 Å². The first kappa shape index (κ1) is 14.8. The molecular formula is C17H13N3O3S. The highest BCUT2D eigenvalue weighted by atomic mass is 32.2. The van der Waals surface area contributed by atoms with Crippen molar-refractivity contribution in [2.24, 2.45) is 4.99 Å². The number of amidine groups is 1. The lowest BCUT2D eigenvalue weighted by atomic mass is 10.1. The van der Waals surface area contributed by atoms with Crippen molar-refractivity contribution in [3.63, 3.8) is 0 Å². The van der Waals surface area contributed by atoms with Crippen LogP contribution in [0.3, 0.4) is 0 Å². The van der Waals surface area contributed by atoms with Gasteiger partial charge in [0.1, 0.15) is 11.4 Å². The zero-order chi connectivity index (χ0) is 16.5. The van der Waals surface area contributed by atoms with E-state index in [4.69, 9.17) is 4.74 Å². The van der Waals surface area contributed by atoms with Crippen LogP contribution in [0.25, 0.3) is 5.70 Å². The van der Waals surface area contributed by atoms with Gasteiger partial charge in [0.25, 0.3) is 5.69 Å². The van der Waals surface area contributed by atoms with Crippen molar-refractivity contribution in [2.75, 3.05) is 13.1 Å². The molecule has 7 heteroatoms. The zero-order valence-corrected chi connectivity index (χ0v) is 13.4. The molecule has 0 spiro atoms. The van der Waals surface area contributed by atoms with Crippen LogP contribution in [0.4, 0.5) is 5.69 Å². The van der Waals surface area contributed by atoms with E-state index in [9.17, 15) is 10.1 Å². The number of fused-ring (bicyclic) bond motifs is 1. The van der Waals surface area contributed by atoms with Gasteiger partial charge in [-0.15, -0.1) is 0 Å². The second-order valence-electron chi connectivity index (χ2n) is 5.27. The van der Waals surface area contributed by atoms with Crippen LogP contribution < -0.4 is 4.74 Å². The summed E-state index contributed by atoms with van der Waals surface area (Å²) in [7, 11) is 0. The van der Waals surface area contributed by atoms with Crippen molar-refractivity contribution in [3.05, 3.63) is 75.4 Å². The van der Waals surface area contributed by atoms with E-state index in [-0.39, 0.29) is 5.69 Å².